The van der Waals surface area contributed by atoms with Crippen LogP contribution in [0.2, 0.25) is 0 Å². The van der Waals surface area contributed by atoms with E-state index in [1.54, 1.807) is 0 Å². The number of carboxylic acids is 1. The van der Waals surface area contributed by atoms with Gasteiger partial charge in [-0.05, 0) is 44.7 Å². The number of carbonyl (C=O) groups is 2. The molecule has 0 aliphatic heterocycles. The van der Waals surface area contributed by atoms with Gasteiger partial charge in [-0.25, -0.2) is 0 Å². The van der Waals surface area contributed by atoms with Gasteiger partial charge in [0.1, 0.15) is 0 Å². The van der Waals surface area contributed by atoms with Crippen LogP contribution in [0.5, 0.6) is 0 Å². The molecule has 2 aromatic rings. The third kappa shape index (κ3) is 5.94. The maximum atomic E-state index is 12.2. The Hall–Kier alpha value is -2.63. The summed E-state index contributed by atoms with van der Waals surface area (Å²) in [5, 5.41) is 16.6. The lowest BCUT2D eigenvalue weighted by Crippen LogP contribution is -2.33. The molecule has 0 aliphatic rings. The van der Waals surface area contributed by atoms with Crippen LogP contribution >= 0.6 is 0 Å². The number of carboxylic acid groups (broad SMARTS) is 1. The van der Waals surface area contributed by atoms with Crippen LogP contribution in [0.4, 0.5) is 0 Å². The summed E-state index contributed by atoms with van der Waals surface area (Å²) in [5.74, 6) is -1.49. The molecule has 6 heteroatoms. The van der Waals surface area contributed by atoms with Crippen molar-refractivity contribution in [1.29, 1.82) is 0 Å². The molecule has 1 amide bonds. The summed E-state index contributed by atoms with van der Waals surface area (Å²) in [6, 6.07) is 8.40. The Morgan fingerprint density at radius 3 is 2.46 bits per heavy atom. The molecule has 0 spiro atoms. The summed E-state index contributed by atoms with van der Waals surface area (Å²) in [6.07, 6.45) is 2.28. The van der Waals surface area contributed by atoms with Gasteiger partial charge in [0.2, 0.25) is 5.91 Å². The van der Waals surface area contributed by atoms with Crippen LogP contribution in [0.25, 0.3) is 0 Å². The SMILES string of the molecule is CCCC(CNC(=O)CCc1c(C)nn(Cc2ccc(C)cc2)c1C)C(=O)O. The van der Waals surface area contributed by atoms with Gasteiger partial charge in [-0.1, -0.05) is 43.2 Å². The maximum Gasteiger partial charge on any atom is 0.308 e. The summed E-state index contributed by atoms with van der Waals surface area (Å²) in [6.45, 7) is 8.90. The van der Waals surface area contributed by atoms with Crippen molar-refractivity contribution in [2.45, 2.75) is 59.9 Å². The quantitative estimate of drug-likeness (QED) is 0.656. The predicted octanol–water partition coefficient (Wildman–Crippen LogP) is 3.41. The zero-order chi connectivity index (χ0) is 20.7. The van der Waals surface area contributed by atoms with E-state index in [9.17, 15) is 14.7 Å². The van der Waals surface area contributed by atoms with E-state index in [4.69, 9.17) is 0 Å². The molecule has 1 unspecified atom stereocenters. The zero-order valence-corrected chi connectivity index (χ0v) is 17.3. The smallest absolute Gasteiger partial charge is 0.308 e. The highest BCUT2D eigenvalue weighted by molar-refractivity contribution is 5.77. The lowest BCUT2D eigenvalue weighted by molar-refractivity contribution is -0.141. The second kappa shape index (κ2) is 10.1. The minimum atomic E-state index is -0.855. The van der Waals surface area contributed by atoms with Gasteiger partial charge < -0.3 is 10.4 Å². The third-order valence-corrected chi connectivity index (χ3v) is 5.12. The highest BCUT2D eigenvalue weighted by Crippen LogP contribution is 2.17. The van der Waals surface area contributed by atoms with Gasteiger partial charge in [0.15, 0.2) is 0 Å². The average Bonchev–Trinajstić information content (AvgIpc) is 2.91. The molecule has 6 nitrogen and oxygen atoms in total. The van der Waals surface area contributed by atoms with Crippen molar-refractivity contribution in [2.24, 2.45) is 5.92 Å². The summed E-state index contributed by atoms with van der Waals surface area (Å²) >= 11 is 0. The Kier molecular flexibility index (Phi) is 7.79. The molecule has 0 bridgehead atoms. The molecule has 0 saturated carbocycles. The molecule has 2 rings (SSSR count). The van der Waals surface area contributed by atoms with E-state index in [1.807, 2.05) is 25.5 Å². The number of nitrogens with one attached hydrogen (secondary N) is 1. The second-order valence-corrected chi connectivity index (χ2v) is 7.42. The van der Waals surface area contributed by atoms with Crippen molar-refractivity contribution in [3.63, 3.8) is 0 Å². The van der Waals surface area contributed by atoms with Crippen molar-refractivity contribution in [3.8, 4) is 0 Å². The number of benzene rings is 1. The monoisotopic (exact) mass is 385 g/mol. The Labute approximate surface area is 167 Å². The number of nitrogens with zero attached hydrogens (tertiary/aromatic N) is 2. The van der Waals surface area contributed by atoms with Crippen LogP contribution < -0.4 is 5.32 Å². The highest BCUT2D eigenvalue weighted by atomic mass is 16.4. The van der Waals surface area contributed by atoms with Crippen LogP contribution in [0.1, 0.15) is 54.3 Å². The van der Waals surface area contributed by atoms with Gasteiger partial charge in [0.05, 0.1) is 18.2 Å². The molecule has 1 aromatic heterocycles. The molecule has 0 radical (unpaired) electrons. The number of aryl methyl sites for hydroxylation is 2. The normalized spacial score (nSPS) is 12.0. The van der Waals surface area contributed by atoms with E-state index in [0.717, 1.165) is 23.4 Å². The van der Waals surface area contributed by atoms with Crippen molar-refractivity contribution < 1.29 is 14.7 Å². The first-order chi connectivity index (χ1) is 13.3. The van der Waals surface area contributed by atoms with Crippen LogP contribution in [0, 0.1) is 26.7 Å². The van der Waals surface area contributed by atoms with Gasteiger partial charge in [-0.3, -0.25) is 14.3 Å². The number of rotatable bonds is 10. The zero-order valence-electron chi connectivity index (χ0n) is 17.3. The van der Waals surface area contributed by atoms with Crippen molar-refractivity contribution in [1.82, 2.24) is 15.1 Å². The molecular weight excluding hydrogens is 354 g/mol. The molecule has 1 atom stereocenters. The summed E-state index contributed by atoms with van der Waals surface area (Å²) in [4.78, 5) is 23.3. The Bertz CT molecular complexity index is 809. The fourth-order valence-electron chi connectivity index (χ4n) is 3.34. The van der Waals surface area contributed by atoms with Crippen LogP contribution in [-0.4, -0.2) is 33.3 Å². The first-order valence-electron chi connectivity index (χ1n) is 9.89. The van der Waals surface area contributed by atoms with Crippen LogP contribution in [0.15, 0.2) is 24.3 Å². The summed E-state index contributed by atoms with van der Waals surface area (Å²) in [5.41, 5.74) is 5.52. The van der Waals surface area contributed by atoms with Gasteiger partial charge >= 0.3 is 5.97 Å². The molecule has 28 heavy (non-hydrogen) atoms. The standard InChI is InChI=1S/C22H31N3O3/c1-5-6-19(22(27)28)13-23-21(26)12-11-20-16(3)24-25(17(20)4)14-18-9-7-15(2)8-10-18/h7-10,19H,5-6,11-14H2,1-4H3,(H,23,26)(H,27,28). The van der Waals surface area contributed by atoms with Crippen molar-refractivity contribution in [3.05, 3.63) is 52.3 Å². The van der Waals surface area contributed by atoms with E-state index >= 15 is 0 Å². The fourth-order valence-corrected chi connectivity index (χ4v) is 3.34. The number of hydrogen-bond donors (Lipinski definition) is 2. The molecule has 0 aliphatic carbocycles. The lowest BCUT2D eigenvalue weighted by Gasteiger charge is -2.12. The van der Waals surface area contributed by atoms with E-state index in [2.05, 4.69) is 41.6 Å². The molecule has 1 aromatic carbocycles. The Morgan fingerprint density at radius 2 is 1.86 bits per heavy atom. The van der Waals surface area contributed by atoms with E-state index in [-0.39, 0.29) is 12.5 Å². The number of aliphatic carboxylic acids is 1. The van der Waals surface area contributed by atoms with E-state index < -0.39 is 11.9 Å². The molecule has 1 heterocycles. The van der Waals surface area contributed by atoms with Gasteiger partial charge in [0, 0.05) is 18.7 Å². The molecular formula is C22H31N3O3. The molecule has 0 saturated heterocycles. The number of hydrogen-bond acceptors (Lipinski definition) is 3. The average molecular weight is 386 g/mol. The van der Waals surface area contributed by atoms with Gasteiger partial charge in [-0.15, -0.1) is 0 Å². The van der Waals surface area contributed by atoms with Crippen molar-refractivity contribution in [2.75, 3.05) is 6.54 Å². The summed E-state index contributed by atoms with van der Waals surface area (Å²) in [7, 11) is 0. The molecule has 2 N–H and O–H groups in total. The lowest BCUT2D eigenvalue weighted by atomic mass is 10.0. The van der Waals surface area contributed by atoms with Gasteiger partial charge in [-0.2, -0.15) is 5.10 Å². The number of amides is 1. The molecule has 0 fully saturated rings. The molecule has 152 valence electrons. The predicted molar refractivity (Wildman–Crippen MR) is 109 cm³/mol. The minimum Gasteiger partial charge on any atom is -0.481 e. The first kappa shape index (κ1) is 21.7. The highest BCUT2D eigenvalue weighted by Gasteiger charge is 2.18. The largest absolute Gasteiger partial charge is 0.481 e. The number of carbonyl (C=O) groups excluding carboxylic acids is 1. The van der Waals surface area contributed by atoms with Crippen LogP contribution in [-0.2, 0) is 22.6 Å². The second-order valence-electron chi connectivity index (χ2n) is 7.42. The van der Waals surface area contributed by atoms with E-state index in [1.165, 1.54) is 11.1 Å². The van der Waals surface area contributed by atoms with Crippen LogP contribution in [0.3, 0.4) is 0 Å². The van der Waals surface area contributed by atoms with Crippen molar-refractivity contribution >= 4 is 11.9 Å². The van der Waals surface area contributed by atoms with E-state index in [0.29, 0.717) is 25.8 Å². The Balaban J connectivity index is 1.93. The minimum absolute atomic E-state index is 0.118. The van der Waals surface area contributed by atoms with Gasteiger partial charge in [0.25, 0.3) is 0 Å². The summed E-state index contributed by atoms with van der Waals surface area (Å²) < 4.78 is 1.98. The maximum absolute atomic E-state index is 12.2. The third-order valence-electron chi connectivity index (χ3n) is 5.12. The number of aromatic nitrogens is 2. The first-order valence-corrected chi connectivity index (χ1v) is 9.89. The topological polar surface area (TPSA) is 84.2 Å². The fraction of sp³-hybridized carbons (Fsp3) is 0.500. The Morgan fingerprint density at radius 1 is 1.18 bits per heavy atom.